The molecule has 2 heterocycles. The van der Waals surface area contributed by atoms with Crippen LogP contribution in [0.4, 0.5) is 10.8 Å². The number of pyridine rings is 1. The number of anilines is 2. The van der Waals surface area contributed by atoms with Crippen LogP contribution >= 0.6 is 11.3 Å². The van der Waals surface area contributed by atoms with E-state index >= 15 is 0 Å². The zero-order chi connectivity index (χ0) is 16.8. The second-order valence-corrected chi connectivity index (χ2v) is 6.01. The van der Waals surface area contributed by atoms with Crippen molar-refractivity contribution < 1.29 is 4.79 Å². The molecule has 0 spiro atoms. The summed E-state index contributed by atoms with van der Waals surface area (Å²) in [6.45, 7) is 0.777. The molecule has 0 fully saturated rings. The number of carbonyl (C=O) groups is 1. The maximum absolute atomic E-state index is 11.9. The van der Waals surface area contributed by atoms with E-state index in [0.717, 1.165) is 22.6 Å². The Kier molecular flexibility index (Phi) is 5.15. The molecule has 7 heteroatoms. The van der Waals surface area contributed by atoms with Gasteiger partial charge in [-0.1, -0.05) is 18.2 Å². The van der Waals surface area contributed by atoms with Crippen LogP contribution < -0.4 is 16.4 Å². The van der Waals surface area contributed by atoms with Crippen LogP contribution in [-0.2, 0) is 11.3 Å². The minimum atomic E-state index is -0.100. The Morgan fingerprint density at radius 3 is 2.67 bits per heavy atom. The predicted octanol–water partition coefficient (Wildman–Crippen LogP) is 2.52. The number of hydrogen-bond acceptors (Lipinski definition) is 6. The largest absolute Gasteiger partial charge is 0.375 e. The van der Waals surface area contributed by atoms with E-state index in [1.54, 1.807) is 6.20 Å². The molecular formula is C17H17N5OS. The van der Waals surface area contributed by atoms with E-state index in [4.69, 9.17) is 5.73 Å². The molecule has 4 N–H and O–H groups in total. The van der Waals surface area contributed by atoms with Crippen LogP contribution in [0.5, 0.6) is 0 Å². The first-order valence-corrected chi connectivity index (χ1v) is 8.30. The number of rotatable bonds is 6. The lowest BCUT2D eigenvalue weighted by molar-refractivity contribution is -0.115. The Bertz CT molecular complexity index is 801. The van der Waals surface area contributed by atoms with Gasteiger partial charge in [-0.15, -0.1) is 11.3 Å². The van der Waals surface area contributed by atoms with Crippen molar-refractivity contribution in [2.75, 3.05) is 17.6 Å². The highest BCUT2D eigenvalue weighted by molar-refractivity contribution is 7.13. The van der Waals surface area contributed by atoms with E-state index in [0.29, 0.717) is 11.7 Å². The van der Waals surface area contributed by atoms with Crippen LogP contribution in [0.3, 0.4) is 0 Å². The number of carbonyl (C=O) groups excluding carboxylic acids is 1. The molecule has 0 aliphatic rings. The van der Waals surface area contributed by atoms with Crippen molar-refractivity contribution in [3.8, 4) is 11.3 Å². The first-order chi connectivity index (χ1) is 11.7. The maximum Gasteiger partial charge on any atom is 0.238 e. The second-order valence-electron chi connectivity index (χ2n) is 5.12. The summed E-state index contributed by atoms with van der Waals surface area (Å²) in [6, 6.07) is 13.2. The van der Waals surface area contributed by atoms with Gasteiger partial charge in [-0.3, -0.25) is 9.78 Å². The van der Waals surface area contributed by atoms with Gasteiger partial charge in [0.15, 0.2) is 5.13 Å². The molecule has 2 aromatic heterocycles. The third-order valence-corrected chi connectivity index (χ3v) is 3.98. The highest BCUT2D eigenvalue weighted by atomic mass is 32.1. The average Bonchev–Trinajstić information content (AvgIpc) is 3.03. The highest BCUT2D eigenvalue weighted by Crippen LogP contribution is 2.24. The van der Waals surface area contributed by atoms with Gasteiger partial charge in [-0.2, -0.15) is 0 Å². The predicted molar refractivity (Wildman–Crippen MR) is 96.5 cm³/mol. The number of amides is 1. The van der Waals surface area contributed by atoms with Crippen molar-refractivity contribution in [2.45, 2.75) is 6.54 Å². The van der Waals surface area contributed by atoms with E-state index in [1.165, 1.54) is 11.3 Å². The number of nitrogens with zero attached hydrogens (tertiary/aromatic N) is 2. The Labute approximate surface area is 143 Å². The minimum Gasteiger partial charge on any atom is -0.375 e. The van der Waals surface area contributed by atoms with E-state index in [-0.39, 0.29) is 12.5 Å². The fourth-order valence-corrected chi connectivity index (χ4v) is 2.73. The van der Waals surface area contributed by atoms with Crippen molar-refractivity contribution in [1.29, 1.82) is 0 Å². The minimum absolute atomic E-state index is 0.100. The number of nitrogens with one attached hydrogen (secondary N) is 2. The molecule has 1 amide bonds. The fraction of sp³-hybridized carbons (Fsp3) is 0.118. The molecule has 0 atom stereocenters. The van der Waals surface area contributed by atoms with Crippen molar-refractivity contribution in [3.05, 3.63) is 59.7 Å². The Morgan fingerprint density at radius 2 is 2.00 bits per heavy atom. The first-order valence-electron chi connectivity index (χ1n) is 7.42. The molecule has 0 bridgehead atoms. The van der Waals surface area contributed by atoms with Crippen LogP contribution in [0.15, 0.2) is 54.0 Å². The van der Waals surface area contributed by atoms with Gasteiger partial charge in [-0.25, -0.2) is 4.98 Å². The number of nitrogens with two attached hydrogens (primary N) is 1. The van der Waals surface area contributed by atoms with Crippen LogP contribution in [0.25, 0.3) is 11.3 Å². The van der Waals surface area contributed by atoms with Crippen molar-refractivity contribution >= 4 is 28.1 Å². The molecule has 6 nitrogen and oxygen atoms in total. The molecule has 0 saturated heterocycles. The SMILES string of the molecule is Nc1nc(-c2ccc(NC(=O)CNCc3ccccn3)cc2)cs1. The molecule has 0 radical (unpaired) electrons. The summed E-state index contributed by atoms with van der Waals surface area (Å²) < 4.78 is 0. The average molecular weight is 339 g/mol. The second kappa shape index (κ2) is 7.67. The zero-order valence-corrected chi connectivity index (χ0v) is 13.7. The monoisotopic (exact) mass is 339 g/mol. The third kappa shape index (κ3) is 4.37. The lowest BCUT2D eigenvalue weighted by atomic mass is 10.1. The van der Waals surface area contributed by atoms with Crippen molar-refractivity contribution in [2.24, 2.45) is 0 Å². The number of aromatic nitrogens is 2. The van der Waals surface area contributed by atoms with E-state index in [9.17, 15) is 4.79 Å². The van der Waals surface area contributed by atoms with Crippen molar-refractivity contribution in [1.82, 2.24) is 15.3 Å². The Balaban J connectivity index is 1.49. The molecule has 0 aliphatic carbocycles. The number of benzene rings is 1. The van der Waals surface area contributed by atoms with E-state index in [2.05, 4.69) is 20.6 Å². The summed E-state index contributed by atoms with van der Waals surface area (Å²) in [6.07, 6.45) is 1.73. The highest BCUT2D eigenvalue weighted by Gasteiger charge is 2.05. The van der Waals surface area contributed by atoms with Gasteiger partial charge in [-0.05, 0) is 24.3 Å². The molecule has 1 aromatic carbocycles. The third-order valence-electron chi connectivity index (χ3n) is 3.30. The van der Waals surface area contributed by atoms with Gasteiger partial charge in [0, 0.05) is 29.4 Å². The topological polar surface area (TPSA) is 92.9 Å². The van der Waals surface area contributed by atoms with Crippen LogP contribution in [0.2, 0.25) is 0 Å². The van der Waals surface area contributed by atoms with Gasteiger partial charge in [0.05, 0.1) is 17.9 Å². The quantitative estimate of drug-likeness (QED) is 0.642. The summed E-state index contributed by atoms with van der Waals surface area (Å²) in [4.78, 5) is 20.4. The summed E-state index contributed by atoms with van der Waals surface area (Å²) in [7, 11) is 0. The van der Waals surface area contributed by atoms with Crippen LogP contribution in [0.1, 0.15) is 5.69 Å². The molecule has 0 unspecified atom stereocenters. The fourth-order valence-electron chi connectivity index (χ4n) is 2.16. The van der Waals surface area contributed by atoms with E-state index < -0.39 is 0 Å². The van der Waals surface area contributed by atoms with Gasteiger partial charge < -0.3 is 16.4 Å². The summed E-state index contributed by atoms with van der Waals surface area (Å²) in [5, 5.41) is 8.36. The Hall–Kier alpha value is -2.77. The van der Waals surface area contributed by atoms with Gasteiger partial charge in [0.25, 0.3) is 0 Å². The smallest absolute Gasteiger partial charge is 0.238 e. The molecule has 24 heavy (non-hydrogen) atoms. The number of hydrogen-bond donors (Lipinski definition) is 3. The Morgan fingerprint density at radius 1 is 1.17 bits per heavy atom. The lowest BCUT2D eigenvalue weighted by Crippen LogP contribution is -2.27. The summed E-state index contributed by atoms with van der Waals surface area (Å²) in [5.41, 5.74) is 9.09. The summed E-state index contributed by atoms with van der Waals surface area (Å²) in [5.74, 6) is -0.100. The normalized spacial score (nSPS) is 10.5. The van der Waals surface area contributed by atoms with Gasteiger partial charge in [0.1, 0.15) is 0 Å². The maximum atomic E-state index is 11.9. The lowest BCUT2D eigenvalue weighted by Gasteiger charge is -2.07. The van der Waals surface area contributed by atoms with Gasteiger partial charge >= 0.3 is 0 Å². The summed E-state index contributed by atoms with van der Waals surface area (Å²) >= 11 is 1.40. The zero-order valence-electron chi connectivity index (χ0n) is 12.9. The number of nitrogen functional groups attached to an aromatic ring is 1. The van der Waals surface area contributed by atoms with E-state index in [1.807, 2.05) is 47.8 Å². The molecule has 0 aliphatic heterocycles. The molecular weight excluding hydrogens is 322 g/mol. The van der Waals surface area contributed by atoms with Crippen LogP contribution in [0, 0.1) is 0 Å². The first kappa shape index (κ1) is 16.1. The molecule has 122 valence electrons. The number of thiazole rings is 1. The molecule has 0 saturated carbocycles. The standard InChI is InChI=1S/C17H17N5OS/c18-17-22-15(11-24-17)12-4-6-13(7-5-12)21-16(23)10-19-9-14-3-1-2-8-20-14/h1-8,11,19H,9-10H2,(H2,18,22)(H,21,23). The van der Waals surface area contributed by atoms with Crippen LogP contribution in [-0.4, -0.2) is 22.4 Å². The van der Waals surface area contributed by atoms with Crippen molar-refractivity contribution in [3.63, 3.8) is 0 Å². The molecule has 3 aromatic rings. The van der Waals surface area contributed by atoms with Gasteiger partial charge in [0.2, 0.25) is 5.91 Å². The molecule has 3 rings (SSSR count).